The van der Waals surface area contributed by atoms with Crippen molar-refractivity contribution in [1.82, 2.24) is 9.78 Å². The molecule has 1 saturated heterocycles. The van der Waals surface area contributed by atoms with Crippen LogP contribution in [0.3, 0.4) is 0 Å². The van der Waals surface area contributed by atoms with Crippen LogP contribution in [0.25, 0.3) is 0 Å². The number of hydrogen-bond acceptors (Lipinski definition) is 2. The molecule has 4 heteroatoms. The van der Waals surface area contributed by atoms with E-state index in [4.69, 9.17) is 16.3 Å². The first-order chi connectivity index (χ1) is 8.72. The van der Waals surface area contributed by atoms with E-state index in [-0.39, 0.29) is 11.0 Å². The predicted octanol–water partition coefficient (Wildman–Crippen LogP) is 3.85. The maximum absolute atomic E-state index is 6.26. The van der Waals surface area contributed by atoms with Crippen LogP contribution < -0.4 is 0 Å². The molecule has 1 aliphatic heterocycles. The summed E-state index contributed by atoms with van der Waals surface area (Å²) in [5.41, 5.74) is 1.33. The zero-order valence-corrected chi connectivity index (χ0v) is 11.7. The summed E-state index contributed by atoms with van der Waals surface area (Å²) in [6.45, 7) is 2.98. The molecule has 2 aliphatic rings. The van der Waals surface area contributed by atoms with Crippen LogP contribution in [0.5, 0.6) is 0 Å². The van der Waals surface area contributed by atoms with Crippen LogP contribution in [-0.2, 0) is 4.74 Å². The van der Waals surface area contributed by atoms with Crippen LogP contribution in [0, 0.1) is 0 Å². The van der Waals surface area contributed by atoms with Gasteiger partial charge in [-0.15, -0.1) is 11.6 Å². The lowest BCUT2D eigenvalue weighted by Crippen LogP contribution is -2.46. The van der Waals surface area contributed by atoms with Crippen LogP contribution in [0.1, 0.15) is 62.4 Å². The Morgan fingerprint density at radius 3 is 3.11 bits per heavy atom. The lowest BCUT2D eigenvalue weighted by atomic mass is 9.74. The Morgan fingerprint density at radius 2 is 2.44 bits per heavy atom. The van der Waals surface area contributed by atoms with Crippen molar-refractivity contribution in [1.29, 1.82) is 0 Å². The van der Waals surface area contributed by atoms with Gasteiger partial charge in [-0.3, -0.25) is 4.68 Å². The largest absolute Gasteiger partial charge is 0.375 e. The number of hydrogen-bond donors (Lipinski definition) is 0. The van der Waals surface area contributed by atoms with E-state index in [9.17, 15) is 0 Å². The van der Waals surface area contributed by atoms with Gasteiger partial charge in [-0.2, -0.15) is 5.10 Å². The second kappa shape index (κ2) is 4.86. The number of ether oxygens (including phenoxy) is 1. The van der Waals surface area contributed by atoms with E-state index in [1.807, 2.05) is 6.20 Å². The average molecular weight is 269 g/mol. The summed E-state index contributed by atoms with van der Waals surface area (Å²) in [5, 5.41) is 4.60. The number of halogens is 1. The third kappa shape index (κ3) is 2.19. The van der Waals surface area contributed by atoms with Crippen LogP contribution in [0.2, 0.25) is 0 Å². The van der Waals surface area contributed by atoms with Crippen molar-refractivity contribution in [3.63, 3.8) is 0 Å². The molecular weight excluding hydrogens is 248 g/mol. The molecule has 0 N–H and O–H groups in total. The molecule has 2 atom stereocenters. The van der Waals surface area contributed by atoms with Gasteiger partial charge in [-0.1, -0.05) is 6.92 Å². The topological polar surface area (TPSA) is 27.1 Å². The average Bonchev–Trinajstić information content (AvgIpc) is 2.86. The molecule has 2 heterocycles. The molecule has 1 saturated carbocycles. The first-order valence-electron chi connectivity index (χ1n) is 7.04. The summed E-state index contributed by atoms with van der Waals surface area (Å²) in [6, 6.07) is 0.494. The highest BCUT2D eigenvalue weighted by molar-refractivity contribution is 6.20. The molecule has 3 rings (SSSR count). The van der Waals surface area contributed by atoms with Gasteiger partial charge in [0.15, 0.2) is 0 Å². The first kappa shape index (κ1) is 12.5. The second-order valence-corrected chi connectivity index (χ2v) is 6.19. The normalized spacial score (nSPS) is 28.0. The summed E-state index contributed by atoms with van der Waals surface area (Å²) in [6.07, 6.45) is 11.0. The van der Waals surface area contributed by atoms with Crippen molar-refractivity contribution in [3.8, 4) is 0 Å². The summed E-state index contributed by atoms with van der Waals surface area (Å²) in [4.78, 5) is 0. The highest BCUT2D eigenvalue weighted by atomic mass is 35.5. The second-order valence-electron chi connectivity index (χ2n) is 5.66. The molecule has 0 radical (unpaired) electrons. The third-order valence-corrected chi connectivity index (χ3v) is 5.01. The van der Waals surface area contributed by atoms with Gasteiger partial charge < -0.3 is 4.74 Å². The number of aromatic nitrogens is 2. The number of alkyl halides is 1. The zero-order chi connectivity index (χ0) is 12.6. The van der Waals surface area contributed by atoms with E-state index < -0.39 is 0 Å². The van der Waals surface area contributed by atoms with Gasteiger partial charge in [-0.05, 0) is 38.5 Å². The minimum Gasteiger partial charge on any atom is -0.375 e. The van der Waals surface area contributed by atoms with E-state index in [0.717, 1.165) is 31.4 Å². The number of nitrogens with zero attached hydrogens (tertiary/aromatic N) is 2. The van der Waals surface area contributed by atoms with E-state index >= 15 is 0 Å². The molecule has 0 bridgehead atoms. The van der Waals surface area contributed by atoms with Crippen LogP contribution in [-0.4, -0.2) is 22.0 Å². The standard InChI is InChI=1S/C14H21ClN2O/c1-2-13(15)11-9-16-17(10-11)12-4-7-18-14(8-12)5-3-6-14/h9-10,12-13H,2-8H2,1H3. The monoisotopic (exact) mass is 268 g/mol. The van der Waals surface area contributed by atoms with Gasteiger partial charge >= 0.3 is 0 Å². The molecule has 100 valence electrons. The Balaban J connectivity index is 1.72. The minimum atomic E-state index is 0.0938. The Labute approximate surface area is 113 Å². The van der Waals surface area contributed by atoms with Crippen LogP contribution in [0.4, 0.5) is 0 Å². The van der Waals surface area contributed by atoms with Crippen molar-refractivity contribution >= 4 is 11.6 Å². The number of rotatable bonds is 3. The fourth-order valence-corrected chi connectivity index (χ4v) is 3.21. The predicted molar refractivity (Wildman–Crippen MR) is 71.9 cm³/mol. The highest BCUT2D eigenvalue weighted by Crippen LogP contribution is 2.45. The SMILES string of the molecule is CCC(Cl)c1cnn(C2CCOC3(CCC3)C2)c1. The molecule has 2 unspecified atom stereocenters. The molecular formula is C14H21ClN2O. The van der Waals surface area contributed by atoms with E-state index in [1.165, 1.54) is 19.3 Å². The van der Waals surface area contributed by atoms with Crippen molar-refractivity contribution in [2.75, 3.05) is 6.61 Å². The van der Waals surface area contributed by atoms with Crippen LogP contribution >= 0.6 is 11.6 Å². The summed E-state index contributed by atoms with van der Waals surface area (Å²) in [5.74, 6) is 0. The van der Waals surface area contributed by atoms with Crippen LogP contribution in [0.15, 0.2) is 12.4 Å². The van der Waals surface area contributed by atoms with Crippen molar-refractivity contribution < 1.29 is 4.74 Å². The zero-order valence-electron chi connectivity index (χ0n) is 10.9. The van der Waals surface area contributed by atoms with Gasteiger partial charge in [0.1, 0.15) is 0 Å². The molecule has 1 aromatic rings. The van der Waals surface area contributed by atoms with Gasteiger partial charge in [-0.25, -0.2) is 0 Å². The molecule has 1 aliphatic carbocycles. The molecule has 1 spiro atoms. The van der Waals surface area contributed by atoms with E-state index in [0.29, 0.717) is 6.04 Å². The molecule has 18 heavy (non-hydrogen) atoms. The summed E-state index contributed by atoms with van der Waals surface area (Å²) in [7, 11) is 0. The Bertz CT molecular complexity index is 414. The fraction of sp³-hybridized carbons (Fsp3) is 0.786. The van der Waals surface area contributed by atoms with Crippen molar-refractivity contribution in [2.24, 2.45) is 0 Å². The maximum Gasteiger partial charge on any atom is 0.0703 e. The maximum atomic E-state index is 6.26. The lowest BCUT2D eigenvalue weighted by molar-refractivity contribution is -0.141. The smallest absolute Gasteiger partial charge is 0.0703 e. The fourth-order valence-electron chi connectivity index (χ4n) is 3.10. The first-order valence-corrected chi connectivity index (χ1v) is 7.48. The quantitative estimate of drug-likeness (QED) is 0.779. The van der Waals surface area contributed by atoms with E-state index in [2.05, 4.69) is 22.9 Å². The Morgan fingerprint density at radius 1 is 1.61 bits per heavy atom. The molecule has 0 amide bonds. The van der Waals surface area contributed by atoms with Gasteiger partial charge in [0.25, 0.3) is 0 Å². The van der Waals surface area contributed by atoms with Crippen molar-refractivity contribution in [2.45, 2.75) is 62.5 Å². The van der Waals surface area contributed by atoms with Gasteiger partial charge in [0.2, 0.25) is 0 Å². The third-order valence-electron chi connectivity index (χ3n) is 4.45. The van der Waals surface area contributed by atoms with Gasteiger partial charge in [0.05, 0.1) is 23.2 Å². The van der Waals surface area contributed by atoms with Gasteiger partial charge in [0, 0.05) is 18.4 Å². The molecule has 1 aromatic heterocycles. The summed E-state index contributed by atoms with van der Waals surface area (Å²) >= 11 is 6.26. The Hall–Kier alpha value is -0.540. The molecule has 3 nitrogen and oxygen atoms in total. The summed E-state index contributed by atoms with van der Waals surface area (Å²) < 4.78 is 8.08. The van der Waals surface area contributed by atoms with Crippen molar-refractivity contribution in [3.05, 3.63) is 18.0 Å². The highest BCUT2D eigenvalue weighted by Gasteiger charge is 2.43. The molecule has 2 fully saturated rings. The Kier molecular flexibility index (Phi) is 3.37. The van der Waals surface area contributed by atoms with E-state index in [1.54, 1.807) is 0 Å². The molecule has 0 aromatic carbocycles. The lowest BCUT2D eigenvalue weighted by Gasteiger charge is -2.47. The minimum absolute atomic E-state index is 0.0938.